The van der Waals surface area contributed by atoms with E-state index in [9.17, 15) is 14.4 Å². The number of likely N-dealkylation sites (tertiary alicyclic amines) is 1. The van der Waals surface area contributed by atoms with Crippen LogP contribution in [0.5, 0.6) is 0 Å². The Bertz CT molecular complexity index is 1830. The number of esters is 1. The number of hydrogen-bond acceptors (Lipinski definition) is 6. The van der Waals surface area contributed by atoms with Crippen molar-refractivity contribution >= 4 is 69.4 Å². The van der Waals surface area contributed by atoms with Gasteiger partial charge in [-0.15, -0.1) is 0 Å². The van der Waals surface area contributed by atoms with Gasteiger partial charge in [0.15, 0.2) is 5.76 Å². The largest absolute Gasteiger partial charge is 0.457 e. The first-order chi connectivity index (χ1) is 21.3. The number of halogens is 3. The van der Waals surface area contributed by atoms with Gasteiger partial charge in [-0.05, 0) is 63.5 Å². The van der Waals surface area contributed by atoms with Crippen LogP contribution in [0, 0.1) is 0 Å². The van der Waals surface area contributed by atoms with Crippen LogP contribution < -0.4 is 0 Å². The van der Waals surface area contributed by atoms with Gasteiger partial charge in [0.1, 0.15) is 11.3 Å². The summed E-state index contributed by atoms with van der Waals surface area (Å²) in [6.45, 7) is 9.94. The summed E-state index contributed by atoms with van der Waals surface area (Å²) < 4.78 is 13.2. The van der Waals surface area contributed by atoms with Crippen LogP contribution >= 0.6 is 34.8 Å². The number of para-hydroxylation sites is 1. The number of nitrogens with zero attached hydrogens (tertiary/aromatic N) is 3. The maximum atomic E-state index is 14.6. The van der Waals surface area contributed by atoms with Crippen molar-refractivity contribution in [3.8, 4) is 11.3 Å². The van der Waals surface area contributed by atoms with Gasteiger partial charge in [0, 0.05) is 59.9 Å². The molecule has 2 aromatic carbocycles. The van der Waals surface area contributed by atoms with Crippen molar-refractivity contribution in [1.29, 1.82) is 0 Å². The van der Waals surface area contributed by atoms with Crippen LogP contribution in [0.4, 0.5) is 0 Å². The molecule has 3 heterocycles. The zero-order valence-electron chi connectivity index (χ0n) is 25.3. The molecular weight excluding hydrogens is 637 g/mol. The zero-order chi connectivity index (χ0) is 32.6. The smallest absolute Gasteiger partial charge is 0.331 e. The Balaban J connectivity index is 1.61. The lowest BCUT2D eigenvalue weighted by molar-refractivity contribution is -0.148. The number of piperidine rings is 1. The van der Waals surface area contributed by atoms with E-state index in [0.29, 0.717) is 53.2 Å². The van der Waals surface area contributed by atoms with Crippen molar-refractivity contribution in [2.24, 2.45) is 7.05 Å². The second-order valence-electron chi connectivity index (χ2n) is 11.9. The standard InChI is InChI=1S/C34H32Cl3N3O5/c1-6-26(41)40-14-12-20(13-15-40)33-29(30(38-45-33)28-24(36)16-21(35)17-25(28)37)32(43)23-18-39(5)31-19(8-7-9-22(23)31)10-11-27(42)44-34(2,3)4/h6-11,16-18,20H,1,12-15H2,2-5H3/b11-10+. The van der Waals surface area contributed by atoms with Crippen molar-refractivity contribution in [3.63, 3.8) is 0 Å². The average Bonchev–Trinajstić information content (AvgIpc) is 3.56. The lowest BCUT2D eigenvalue weighted by Crippen LogP contribution is -2.37. The van der Waals surface area contributed by atoms with Crippen molar-refractivity contribution in [1.82, 2.24) is 14.6 Å². The molecule has 0 aliphatic carbocycles. The topological polar surface area (TPSA) is 94.6 Å². The summed E-state index contributed by atoms with van der Waals surface area (Å²) in [6, 6.07) is 8.60. The zero-order valence-corrected chi connectivity index (χ0v) is 27.6. The van der Waals surface area contributed by atoms with E-state index < -0.39 is 11.6 Å². The summed E-state index contributed by atoms with van der Waals surface area (Å²) >= 11 is 19.4. The minimum Gasteiger partial charge on any atom is -0.457 e. The second kappa shape index (κ2) is 12.9. The number of benzene rings is 2. The third-order valence-electron chi connectivity index (χ3n) is 7.62. The Labute approximate surface area is 276 Å². The Kier molecular flexibility index (Phi) is 9.31. The SMILES string of the molecule is C=CC(=O)N1CCC(c2onc(-c3c(Cl)cc(Cl)cc3Cl)c2C(=O)c2cn(C)c3c(/C=C/C(=O)OC(C)(C)C)cccc23)CC1. The first kappa shape index (κ1) is 32.5. The van der Waals surface area contributed by atoms with E-state index in [0.717, 1.165) is 11.1 Å². The average molecular weight is 669 g/mol. The van der Waals surface area contributed by atoms with E-state index in [1.165, 1.54) is 24.3 Å². The Morgan fingerprint density at radius 2 is 1.76 bits per heavy atom. The normalized spacial score (nSPS) is 14.3. The van der Waals surface area contributed by atoms with Gasteiger partial charge >= 0.3 is 5.97 Å². The maximum absolute atomic E-state index is 14.6. The van der Waals surface area contributed by atoms with Crippen LogP contribution in [0.1, 0.15) is 66.8 Å². The predicted molar refractivity (Wildman–Crippen MR) is 177 cm³/mol. The molecule has 0 saturated carbocycles. The molecule has 4 aromatic rings. The van der Waals surface area contributed by atoms with E-state index in [2.05, 4.69) is 11.7 Å². The van der Waals surface area contributed by atoms with Gasteiger partial charge in [-0.2, -0.15) is 0 Å². The molecule has 1 saturated heterocycles. The maximum Gasteiger partial charge on any atom is 0.331 e. The molecule has 0 atom stereocenters. The molecule has 8 nitrogen and oxygen atoms in total. The van der Waals surface area contributed by atoms with Crippen LogP contribution in [0.2, 0.25) is 15.1 Å². The third kappa shape index (κ3) is 6.73. The van der Waals surface area contributed by atoms with Crippen LogP contribution in [-0.2, 0) is 21.4 Å². The summed E-state index contributed by atoms with van der Waals surface area (Å²) in [5, 5.41) is 5.79. The molecule has 1 amide bonds. The fraction of sp³-hybridized carbons (Fsp3) is 0.294. The van der Waals surface area contributed by atoms with Gasteiger partial charge < -0.3 is 18.7 Å². The van der Waals surface area contributed by atoms with Gasteiger partial charge in [0.2, 0.25) is 11.7 Å². The molecule has 5 rings (SSSR count). The first-order valence-corrected chi connectivity index (χ1v) is 15.5. The van der Waals surface area contributed by atoms with Crippen molar-refractivity contribution in [2.45, 2.75) is 45.1 Å². The quantitative estimate of drug-likeness (QED) is 0.112. The lowest BCUT2D eigenvalue weighted by atomic mass is 9.87. The Morgan fingerprint density at radius 1 is 1.09 bits per heavy atom. The summed E-state index contributed by atoms with van der Waals surface area (Å²) in [5.74, 6) is -0.727. The third-order valence-corrected chi connectivity index (χ3v) is 8.44. The van der Waals surface area contributed by atoms with Gasteiger partial charge in [0.25, 0.3) is 0 Å². The minimum absolute atomic E-state index is 0.144. The van der Waals surface area contributed by atoms with E-state index in [1.807, 2.05) is 29.8 Å². The van der Waals surface area contributed by atoms with Crippen LogP contribution in [-0.4, -0.2) is 51.0 Å². The monoisotopic (exact) mass is 667 g/mol. The number of ketones is 1. The summed E-state index contributed by atoms with van der Waals surface area (Å²) in [7, 11) is 1.83. The molecule has 1 fully saturated rings. The second-order valence-corrected chi connectivity index (χ2v) is 13.2. The number of carbonyl (C=O) groups is 3. The van der Waals surface area contributed by atoms with Crippen LogP contribution in [0.25, 0.3) is 28.2 Å². The fourth-order valence-electron chi connectivity index (χ4n) is 5.67. The molecule has 1 aliphatic rings. The highest BCUT2D eigenvalue weighted by Crippen LogP contribution is 2.43. The molecule has 0 radical (unpaired) electrons. The molecule has 0 unspecified atom stereocenters. The van der Waals surface area contributed by atoms with Gasteiger partial charge in [0.05, 0.1) is 21.1 Å². The van der Waals surface area contributed by atoms with Crippen LogP contribution in [0.3, 0.4) is 0 Å². The number of fused-ring (bicyclic) bond motifs is 1. The minimum atomic E-state index is -0.625. The Morgan fingerprint density at radius 3 is 2.38 bits per heavy atom. The number of ether oxygens (including phenoxy) is 1. The van der Waals surface area contributed by atoms with Gasteiger partial charge in [-0.3, -0.25) is 9.59 Å². The summed E-state index contributed by atoms with van der Waals surface area (Å²) in [4.78, 5) is 40.9. The molecule has 45 heavy (non-hydrogen) atoms. The number of amides is 1. The number of carbonyl (C=O) groups excluding carboxylic acids is 3. The van der Waals surface area contributed by atoms with E-state index in [4.69, 9.17) is 44.1 Å². The molecule has 0 bridgehead atoms. The molecule has 11 heteroatoms. The van der Waals surface area contributed by atoms with E-state index in [-0.39, 0.29) is 38.9 Å². The first-order valence-electron chi connectivity index (χ1n) is 14.4. The highest BCUT2D eigenvalue weighted by atomic mass is 35.5. The summed E-state index contributed by atoms with van der Waals surface area (Å²) in [5.41, 5.74) is 2.06. The summed E-state index contributed by atoms with van der Waals surface area (Å²) in [6.07, 6.45) is 7.21. The lowest BCUT2D eigenvalue weighted by Gasteiger charge is -2.30. The Hall–Kier alpha value is -3.85. The highest BCUT2D eigenvalue weighted by molar-refractivity contribution is 6.42. The number of aromatic nitrogens is 2. The molecule has 1 aliphatic heterocycles. The van der Waals surface area contributed by atoms with Gasteiger partial charge in [-0.25, -0.2) is 4.79 Å². The molecular formula is C34H32Cl3N3O5. The molecule has 0 N–H and O–H groups in total. The number of hydrogen-bond donors (Lipinski definition) is 0. The van der Waals surface area contributed by atoms with Gasteiger partial charge in [-0.1, -0.05) is 64.7 Å². The fourth-order valence-corrected chi connectivity index (χ4v) is 6.67. The van der Waals surface area contributed by atoms with E-state index >= 15 is 0 Å². The van der Waals surface area contributed by atoms with Crippen molar-refractivity contribution in [3.05, 3.63) is 92.8 Å². The molecule has 0 spiro atoms. The van der Waals surface area contributed by atoms with Crippen molar-refractivity contribution in [2.75, 3.05) is 13.1 Å². The molecule has 2 aromatic heterocycles. The predicted octanol–water partition coefficient (Wildman–Crippen LogP) is 8.27. The highest BCUT2D eigenvalue weighted by Gasteiger charge is 2.35. The van der Waals surface area contributed by atoms with E-state index in [1.54, 1.807) is 37.9 Å². The van der Waals surface area contributed by atoms with Crippen molar-refractivity contribution < 1.29 is 23.6 Å². The number of aryl methyl sites for hydroxylation is 1. The molecule has 234 valence electrons. The number of rotatable bonds is 7. The van der Waals surface area contributed by atoms with Crippen LogP contribution in [0.15, 0.2) is 59.8 Å².